The van der Waals surface area contributed by atoms with E-state index in [0.29, 0.717) is 12.8 Å². The second-order valence-electron chi connectivity index (χ2n) is 12.3. The van der Waals surface area contributed by atoms with Gasteiger partial charge in [0.05, 0.1) is 13.2 Å². The van der Waals surface area contributed by atoms with Gasteiger partial charge in [-0.25, -0.2) is 4.57 Å². The van der Waals surface area contributed by atoms with Crippen molar-refractivity contribution in [3.05, 3.63) is 36.5 Å². The number of ether oxygens (including phenoxy) is 2. The average molecular weight is 716 g/mol. The van der Waals surface area contributed by atoms with Crippen LogP contribution in [-0.4, -0.2) is 59.9 Å². The summed E-state index contributed by atoms with van der Waals surface area (Å²) < 4.78 is 32.5. The van der Waals surface area contributed by atoms with Crippen molar-refractivity contribution in [2.24, 2.45) is 5.73 Å². The van der Waals surface area contributed by atoms with Gasteiger partial charge in [-0.2, -0.15) is 0 Å². The Morgan fingerprint density at radius 3 is 1.61 bits per heavy atom. The molecule has 0 bridgehead atoms. The molecule has 3 atom stereocenters. The van der Waals surface area contributed by atoms with Crippen LogP contribution in [0.5, 0.6) is 0 Å². The van der Waals surface area contributed by atoms with Crippen LogP contribution >= 0.6 is 7.82 Å². The molecule has 0 radical (unpaired) electrons. The predicted octanol–water partition coefficient (Wildman–Crippen LogP) is 8.89. The molecule has 0 aromatic rings. The van der Waals surface area contributed by atoms with Gasteiger partial charge in [0.1, 0.15) is 12.6 Å². The largest absolute Gasteiger partial charge is 0.480 e. The quantitative estimate of drug-likeness (QED) is 0.0251. The molecule has 1 unspecified atom stereocenters. The van der Waals surface area contributed by atoms with E-state index in [9.17, 15) is 23.8 Å². The highest BCUT2D eigenvalue weighted by molar-refractivity contribution is 7.47. The molecule has 0 aromatic carbocycles. The van der Waals surface area contributed by atoms with Crippen LogP contribution < -0.4 is 5.73 Å². The van der Waals surface area contributed by atoms with Gasteiger partial charge in [-0.3, -0.25) is 23.4 Å². The van der Waals surface area contributed by atoms with E-state index in [1.807, 2.05) is 0 Å². The zero-order valence-electron chi connectivity index (χ0n) is 30.3. The summed E-state index contributed by atoms with van der Waals surface area (Å²) in [5, 5.41) is 8.84. The molecule has 284 valence electrons. The second-order valence-corrected chi connectivity index (χ2v) is 13.8. The lowest BCUT2D eigenvalue weighted by Gasteiger charge is -2.20. The van der Waals surface area contributed by atoms with Crippen molar-refractivity contribution < 1.29 is 47.5 Å². The molecule has 0 rings (SSSR count). The number of carboxylic acid groups (broad SMARTS) is 1. The number of hydrogen-bond acceptors (Lipinski definition) is 9. The van der Waals surface area contributed by atoms with E-state index < -0.39 is 51.1 Å². The van der Waals surface area contributed by atoms with Crippen molar-refractivity contribution in [2.75, 3.05) is 19.8 Å². The van der Waals surface area contributed by atoms with Crippen molar-refractivity contribution in [3.8, 4) is 0 Å². The molecule has 0 aromatic heterocycles. The molecular weight excluding hydrogens is 649 g/mol. The van der Waals surface area contributed by atoms with Crippen molar-refractivity contribution in [2.45, 2.75) is 161 Å². The summed E-state index contributed by atoms with van der Waals surface area (Å²) in [4.78, 5) is 45.6. The van der Waals surface area contributed by atoms with Crippen molar-refractivity contribution >= 4 is 25.7 Å². The number of nitrogens with two attached hydrogens (primary N) is 1. The number of esters is 2. The molecule has 12 heteroatoms. The van der Waals surface area contributed by atoms with E-state index >= 15 is 0 Å². The number of phosphoric ester groups is 1. The second kappa shape index (κ2) is 32.9. The van der Waals surface area contributed by atoms with Gasteiger partial charge in [-0.1, -0.05) is 115 Å². The fraction of sp³-hybridized carbons (Fsp3) is 0.757. The Hall–Kier alpha value is -2.30. The molecule has 49 heavy (non-hydrogen) atoms. The number of hydrogen-bond donors (Lipinski definition) is 3. The number of carbonyl (C=O) groups is 3. The molecule has 0 heterocycles. The first-order valence-corrected chi connectivity index (χ1v) is 20.0. The minimum atomic E-state index is -4.71. The Labute approximate surface area is 295 Å². The summed E-state index contributed by atoms with van der Waals surface area (Å²) in [7, 11) is -4.71. The molecule has 0 aliphatic rings. The highest BCUT2D eigenvalue weighted by Crippen LogP contribution is 2.43. The van der Waals surface area contributed by atoms with Gasteiger partial charge in [0.2, 0.25) is 0 Å². The van der Waals surface area contributed by atoms with Gasteiger partial charge in [0.15, 0.2) is 6.10 Å². The molecular formula is C37H66NO10P. The molecule has 0 aliphatic heterocycles. The number of phosphoric acid groups is 1. The third kappa shape index (κ3) is 32.7. The smallest absolute Gasteiger partial charge is 0.472 e. The third-order valence-corrected chi connectivity index (χ3v) is 8.56. The molecule has 0 saturated carbocycles. The molecule has 0 amide bonds. The Balaban J connectivity index is 4.49. The topological polar surface area (TPSA) is 172 Å². The minimum absolute atomic E-state index is 0.147. The standard InChI is InChI=1S/C37H66NO10P/c1-3-5-7-9-11-13-15-16-17-19-20-22-24-26-28-35(39)45-30-33(31-46-49(43,44)47-32-34(38)37(41)42)48-36(40)29-27-25-23-21-18-14-12-10-8-6-4-2/h9-12,15-16,33-34H,3-8,13-14,17-32,38H2,1-2H3,(H,41,42)(H,43,44)/b11-9+,12-10+,16-15+/t33-,34+/m1/s1. The molecule has 0 fully saturated rings. The molecule has 11 nitrogen and oxygen atoms in total. The summed E-state index contributed by atoms with van der Waals surface area (Å²) in [5.41, 5.74) is 5.31. The van der Waals surface area contributed by atoms with E-state index in [4.69, 9.17) is 24.8 Å². The maximum absolute atomic E-state index is 12.5. The van der Waals surface area contributed by atoms with E-state index in [2.05, 4.69) is 54.8 Å². The zero-order chi connectivity index (χ0) is 36.4. The average Bonchev–Trinajstić information content (AvgIpc) is 3.07. The van der Waals surface area contributed by atoms with Crippen LogP contribution in [0.3, 0.4) is 0 Å². The molecule has 0 aliphatic carbocycles. The maximum Gasteiger partial charge on any atom is 0.472 e. The summed E-state index contributed by atoms with van der Waals surface area (Å²) in [6.07, 6.45) is 32.2. The third-order valence-electron chi connectivity index (χ3n) is 7.61. The molecule has 4 N–H and O–H groups in total. The van der Waals surface area contributed by atoms with Gasteiger partial charge in [-0.05, 0) is 57.8 Å². The molecule has 0 saturated heterocycles. The Morgan fingerprint density at radius 2 is 1.08 bits per heavy atom. The van der Waals surface area contributed by atoms with Crippen molar-refractivity contribution in [1.29, 1.82) is 0 Å². The first-order valence-electron chi connectivity index (χ1n) is 18.5. The fourth-order valence-electron chi connectivity index (χ4n) is 4.59. The Bertz CT molecular complexity index is 984. The number of unbranched alkanes of at least 4 members (excludes halogenated alkanes) is 14. The van der Waals surface area contributed by atoms with Gasteiger partial charge in [-0.15, -0.1) is 0 Å². The number of aliphatic carboxylic acids is 1. The van der Waals surface area contributed by atoms with E-state index in [0.717, 1.165) is 83.5 Å². The van der Waals surface area contributed by atoms with Crippen molar-refractivity contribution in [1.82, 2.24) is 0 Å². The highest BCUT2D eigenvalue weighted by Gasteiger charge is 2.28. The van der Waals surface area contributed by atoms with Crippen LogP contribution in [0, 0.1) is 0 Å². The van der Waals surface area contributed by atoms with Gasteiger partial charge in [0.25, 0.3) is 0 Å². The highest BCUT2D eigenvalue weighted by atomic mass is 31.2. The Kier molecular flexibility index (Phi) is 31.3. The van der Waals surface area contributed by atoms with Crippen LogP contribution in [0.25, 0.3) is 0 Å². The lowest BCUT2D eigenvalue weighted by molar-refractivity contribution is -0.161. The lowest BCUT2D eigenvalue weighted by Crippen LogP contribution is -2.34. The summed E-state index contributed by atoms with van der Waals surface area (Å²) in [6, 6.07) is -1.52. The number of allylic oxidation sites excluding steroid dienone is 6. The monoisotopic (exact) mass is 715 g/mol. The Morgan fingerprint density at radius 1 is 0.633 bits per heavy atom. The summed E-state index contributed by atoms with van der Waals surface area (Å²) in [6.45, 7) is 2.66. The fourth-order valence-corrected chi connectivity index (χ4v) is 5.37. The minimum Gasteiger partial charge on any atom is -0.480 e. The first-order chi connectivity index (χ1) is 23.6. The number of carboxylic acids is 1. The van der Waals surface area contributed by atoms with Gasteiger partial charge < -0.3 is 25.2 Å². The molecule has 0 spiro atoms. The first kappa shape index (κ1) is 46.7. The summed E-state index contributed by atoms with van der Waals surface area (Å²) >= 11 is 0. The van der Waals surface area contributed by atoms with Crippen LogP contribution in [0.4, 0.5) is 0 Å². The van der Waals surface area contributed by atoms with Gasteiger partial charge >= 0.3 is 25.7 Å². The SMILES string of the molecule is CCCC/C=C/C/C=C/CCCCCCCC(=O)OC[C@H](COP(=O)(O)OC[C@H](N)C(=O)O)OC(=O)CCCCCCC/C=C/CCCC. The summed E-state index contributed by atoms with van der Waals surface area (Å²) in [5.74, 6) is -2.41. The normalized spacial score (nSPS) is 14.4. The van der Waals surface area contributed by atoms with Crippen LogP contribution in [0.15, 0.2) is 36.5 Å². The van der Waals surface area contributed by atoms with Crippen molar-refractivity contribution in [3.63, 3.8) is 0 Å². The van der Waals surface area contributed by atoms with Crippen LogP contribution in [-0.2, 0) is 37.5 Å². The zero-order valence-corrected chi connectivity index (χ0v) is 31.2. The van der Waals surface area contributed by atoms with Gasteiger partial charge in [0, 0.05) is 12.8 Å². The maximum atomic E-state index is 12.5. The van der Waals surface area contributed by atoms with E-state index in [-0.39, 0.29) is 19.4 Å². The number of rotatable bonds is 34. The van der Waals surface area contributed by atoms with Crippen LogP contribution in [0.1, 0.15) is 149 Å². The van der Waals surface area contributed by atoms with Crippen LogP contribution in [0.2, 0.25) is 0 Å². The number of carbonyl (C=O) groups excluding carboxylic acids is 2. The van der Waals surface area contributed by atoms with E-state index in [1.54, 1.807) is 0 Å². The predicted molar refractivity (Wildman–Crippen MR) is 194 cm³/mol. The lowest BCUT2D eigenvalue weighted by atomic mass is 10.1. The van der Waals surface area contributed by atoms with E-state index in [1.165, 1.54) is 25.7 Å².